The Morgan fingerprint density at radius 3 is 2.62 bits per heavy atom. The number of primary amides is 1. The second-order valence-electron chi connectivity index (χ2n) is 4.01. The van der Waals surface area contributed by atoms with Crippen LogP contribution in [0, 0.1) is 17.2 Å². The van der Waals surface area contributed by atoms with E-state index in [9.17, 15) is 4.79 Å². The molecule has 0 rings (SSSR count). The molecule has 0 aromatic rings. The number of unbranched alkanes of at least 4 members (excludes halogenated alkanes) is 4. The van der Waals surface area contributed by atoms with Gasteiger partial charge < -0.3 is 5.73 Å². The van der Waals surface area contributed by atoms with E-state index in [-0.39, 0.29) is 11.8 Å². The molecular formula is C12H22N2OS. The van der Waals surface area contributed by atoms with Crippen molar-refractivity contribution >= 4 is 17.7 Å². The Balaban J connectivity index is 3.45. The summed E-state index contributed by atoms with van der Waals surface area (Å²) in [4.78, 5) is 10.5. The predicted octanol–water partition coefficient (Wildman–Crippen LogP) is 2.71. The number of rotatable bonds is 10. The van der Waals surface area contributed by atoms with Gasteiger partial charge in [0.15, 0.2) is 0 Å². The summed E-state index contributed by atoms with van der Waals surface area (Å²) in [7, 11) is 0. The third-order valence-electron chi connectivity index (χ3n) is 2.40. The lowest BCUT2D eigenvalue weighted by molar-refractivity contribution is -0.115. The molecule has 1 unspecified atom stereocenters. The first-order valence-corrected chi connectivity index (χ1v) is 7.11. The SMILES string of the molecule is CCCCCCCC(C#N)CSCC(N)=O. The maximum Gasteiger partial charge on any atom is 0.227 e. The molecule has 0 fully saturated rings. The zero-order valence-corrected chi connectivity index (χ0v) is 10.9. The lowest BCUT2D eigenvalue weighted by Gasteiger charge is -2.07. The van der Waals surface area contributed by atoms with Crippen molar-refractivity contribution in [1.29, 1.82) is 5.26 Å². The van der Waals surface area contributed by atoms with E-state index in [1.54, 1.807) is 0 Å². The average molecular weight is 242 g/mol. The highest BCUT2D eigenvalue weighted by molar-refractivity contribution is 7.99. The molecule has 92 valence electrons. The van der Waals surface area contributed by atoms with Gasteiger partial charge in [-0.1, -0.05) is 39.0 Å². The van der Waals surface area contributed by atoms with Gasteiger partial charge in [-0.3, -0.25) is 4.79 Å². The summed E-state index contributed by atoms with van der Waals surface area (Å²) in [5.41, 5.74) is 5.03. The van der Waals surface area contributed by atoms with Crippen LogP contribution in [-0.4, -0.2) is 17.4 Å². The number of thioether (sulfide) groups is 1. The van der Waals surface area contributed by atoms with Gasteiger partial charge in [-0.05, 0) is 6.42 Å². The van der Waals surface area contributed by atoms with Gasteiger partial charge in [-0.25, -0.2) is 0 Å². The number of nitrogens with two attached hydrogens (primary N) is 1. The highest BCUT2D eigenvalue weighted by Gasteiger charge is 2.07. The molecule has 1 amide bonds. The Labute approximate surface area is 103 Å². The van der Waals surface area contributed by atoms with Gasteiger partial charge in [0, 0.05) is 5.75 Å². The van der Waals surface area contributed by atoms with Gasteiger partial charge in [0.2, 0.25) is 5.91 Å². The van der Waals surface area contributed by atoms with Crippen molar-refractivity contribution in [3.8, 4) is 6.07 Å². The lowest BCUT2D eigenvalue weighted by atomic mass is 10.0. The average Bonchev–Trinajstić information content (AvgIpc) is 2.26. The van der Waals surface area contributed by atoms with E-state index in [1.165, 1.54) is 37.4 Å². The van der Waals surface area contributed by atoms with Gasteiger partial charge in [0.25, 0.3) is 0 Å². The number of hydrogen-bond acceptors (Lipinski definition) is 3. The van der Waals surface area contributed by atoms with Crippen LogP contribution in [0.4, 0.5) is 0 Å². The molecule has 0 aliphatic carbocycles. The minimum atomic E-state index is -0.301. The summed E-state index contributed by atoms with van der Waals surface area (Å²) in [6, 6.07) is 2.29. The van der Waals surface area contributed by atoms with Crippen LogP contribution in [-0.2, 0) is 4.79 Å². The first-order valence-electron chi connectivity index (χ1n) is 5.96. The molecule has 0 aliphatic heterocycles. The molecule has 1 atom stereocenters. The van der Waals surface area contributed by atoms with Crippen LogP contribution in [0.15, 0.2) is 0 Å². The fourth-order valence-electron chi connectivity index (χ4n) is 1.48. The standard InChI is InChI=1S/C12H22N2OS/c1-2-3-4-5-6-7-11(8-13)9-16-10-12(14)15/h11H,2-7,9-10H2,1H3,(H2,14,15). The molecule has 0 saturated heterocycles. The molecule has 3 nitrogen and oxygen atoms in total. The number of carbonyl (C=O) groups excluding carboxylic acids is 1. The Bertz CT molecular complexity index is 226. The lowest BCUT2D eigenvalue weighted by Crippen LogP contribution is -2.14. The molecule has 0 aliphatic rings. The first kappa shape index (κ1) is 15.3. The maximum absolute atomic E-state index is 10.5. The Morgan fingerprint density at radius 1 is 1.38 bits per heavy atom. The van der Waals surface area contributed by atoms with E-state index in [4.69, 9.17) is 11.0 Å². The van der Waals surface area contributed by atoms with E-state index in [2.05, 4.69) is 13.0 Å². The van der Waals surface area contributed by atoms with E-state index in [0.29, 0.717) is 5.75 Å². The quantitative estimate of drug-likeness (QED) is 0.599. The van der Waals surface area contributed by atoms with Crippen molar-refractivity contribution in [2.75, 3.05) is 11.5 Å². The van der Waals surface area contributed by atoms with Crippen molar-refractivity contribution in [3.63, 3.8) is 0 Å². The van der Waals surface area contributed by atoms with Gasteiger partial charge in [-0.15, -0.1) is 0 Å². The first-order chi connectivity index (χ1) is 7.70. The molecule has 16 heavy (non-hydrogen) atoms. The molecule has 0 spiro atoms. The fraction of sp³-hybridized carbons (Fsp3) is 0.833. The molecule has 0 saturated carbocycles. The summed E-state index contributed by atoms with van der Waals surface area (Å²) < 4.78 is 0. The van der Waals surface area contributed by atoms with E-state index >= 15 is 0 Å². The van der Waals surface area contributed by atoms with Crippen LogP contribution >= 0.6 is 11.8 Å². The molecule has 0 radical (unpaired) electrons. The zero-order chi connectivity index (χ0) is 12.2. The van der Waals surface area contributed by atoms with Crippen LogP contribution in [0.2, 0.25) is 0 Å². The predicted molar refractivity (Wildman–Crippen MR) is 69.0 cm³/mol. The summed E-state index contributed by atoms with van der Waals surface area (Å²) in [5.74, 6) is 0.830. The minimum Gasteiger partial charge on any atom is -0.369 e. The Morgan fingerprint density at radius 2 is 2.06 bits per heavy atom. The summed E-state index contributed by atoms with van der Waals surface area (Å²) in [6.07, 6.45) is 7.08. The van der Waals surface area contributed by atoms with Crippen molar-refractivity contribution < 1.29 is 4.79 Å². The zero-order valence-electron chi connectivity index (χ0n) is 10.1. The summed E-state index contributed by atoms with van der Waals surface area (Å²) >= 11 is 1.47. The highest BCUT2D eigenvalue weighted by Crippen LogP contribution is 2.15. The monoisotopic (exact) mass is 242 g/mol. The van der Waals surface area contributed by atoms with Crippen LogP contribution in [0.25, 0.3) is 0 Å². The Hall–Kier alpha value is -0.690. The third kappa shape index (κ3) is 9.85. The smallest absolute Gasteiger partial charge is 0.227 e. The van der Waals surface area contributed by atoms with Crippen molar-refractivity contribution in [2.24, 2.45) is 11.7 Å². The van der Waals surface area contributed by atoms with Crippen LogP contribution in [0.3, 0.4) is 0 Å². The van der Waals surface area contributed by atoms with Gasteiger partial charge in [-0.2, -0.15) is 17.0 Å². The molecule has 0 heterocycles. The molecule has 0 bridgehead atoms. The highest BCUT2D eigenvalue weighted by atomic mass is 32.2. The van der Waals surface area contributed by atoms with E-state index < -0.39 is 0 Å². The van der Waals surface area contributed by atoms with Crippen LogP contribution in [0.5, 0.6) is 0 Å². The number of hydrogen-bond donors (Lipinski definition) is 1. The molecule has 4 heteroatoms. The Kier molecular flexibility index (Phi) is 10.3. The molecule has 0 aromatic heterocycles. The molecular weight excluding hydrogens is 220 g/mol. The van der Waals surface area contributed by atoms with E-state index in [1.807, 2.05) is 0 Å². The summed E-state index contributed by atoms with van der Waals surface area (Å²) in [6.45, 7) is 2.19. The van der Waals surface area contributed by atoms with Gasteiger partial charge in [0.05, 0.1) is 17.7 Å². The summed E-state index contributed by atoms with van der Waals surface area (Å²) in [5, 5.41) is 8.91. The minimum absolute atomic E-state index is 0.0750. The van der Waals surface area contributed by atoms with Crippen LogP contribution < -0.4 is 5.73 Å². The maximum atomic E-state index is 10.5. The topological polar surface area (TPSA) is 66.9 Å². The van der Waals surface area contributed by atoms with Crippen LogP contribution in [0.1, 0.15) is 45.4 Å². The second kappa shape index (κ2) is 10.8. The normalized spacial score (nSPS) is 12.0. The van der Waals surface area contributed by atoms with Gasteiger partial charge in [0.1, 0.15) is 0 Å². The van der Waals surface area contributed by atoms with Crippen molar-refractivity contribution in [2.45, 2.75) is 45.4 Å². The molecule has 0 aromatic carbocycles. The number of nitriles is 1. The number of nitrogens with zero attached hydrogens (tertiary/aromatic N) is 1. The number of amides is 1. The molecule has 2 N–H and O–H groups in total. The van der Waals surface area contributed by atoms with Gasteiger partial charge >= 0.3 is 0 Å². The number of carbonyl (C=O) groups is 1. The van der Waals surface area contributed by atoms with Crippen molar-refractivity contribution in [3.05, 3.63) is 0 Å². The second-order valence-corrected chi connectivity index (χ2v) is 5.04. The third-order valence-corrected chi connectivity index (χ3v) is 3.53. The fourth-order valence-corrected chi connectivity index (χ4v) is 2.33. The largest absolute Gasteiger partial charge is 0.369 e. The van der Waals surface area contributed by atoms with E-state index in [0.717, 1.165) is 18.6 Å². The van der Waals surface area contributed by atoms with Crippen molar-refractivity contribution in [1.82, 2.24) is 0 Å².